The predicted molar refractivity (Wildman–Crippen MR) is 194 cm³/mol. The van der Waals surface area contributed by atoms with E-state index in [0.717, 1.165) is 19.3 Å². The Kier molecular flexibility index (Phi) is 14.7. The molecule has 0 bridgehead atoms. The Bertz CT molecular complexity index is 1160. The van der Waals surface area contributed by atoms with Gasteiger partial charge in [0.15, 0.2) is 8.32 Å². The summed E-state index contributed by atoms with van der Waals surface area (Å²) in [5.41, 5.74) is 2.56. The van der Waals surface area contributed by atoms with Crippen LogP contribution in [0.25, 0.3) is 0 Å². The van der Waals surface area contributed by atoms with Gasteiger partial charge in [0.1, 0.15) is 5.78 Å². The number of carbonyl (C=O) groups excluding carboxylic acids is 1. The lowest BCUT2D eigenvalue weighted by Crippen LogP contribution is -2.45. The number of aliphatic carboxylic acids is 1. The number of benzene rings is 1. The molecule has 1 aliphatic rings. The van der Waals surface area contributed by atoms with E-state index in [4.69, 9.17) is 14.3 Å². The first-order valence-electron chi connectivity index (χ1n) is 17.1. The Morgan fingerprint density at radius 1 is 1.04 bits per heavy atom. The van der Waals surface area contributed by atoms with E-state index in [1.165, 1.54) is 17.2 Å². The van der Waals surface area contributed by atoms with E-state index >= 15 is 0 Å². The van der Waals surface area contributed by atoms with Gasteiger partial charge in [-0.1, -0.05) is 109 Å². The Balaban J connectivity index is 2.38. The van der Waals surface area contributed by atoms with Crippen LogP contribution in [0.3, 0.4) is 0 Å². The third-order valence-corrected chi connectivity index (χ3v) is 20.9. The average molecular weight is 657 g/mol. The summed E-state index contributed by atoms with van der Waals surface area (Å²) in [6, 6.07) is 9.96. The molecule has 45 heavy (non-hydrogen) atoms. The van der Waals surface area contributed by atoms with Gasteiger partial charge in [-0.05, 0) is 72.3 Å². The van der Waals surface area contributed by atoms with Gasteiger partial charge in [-0.25, -0.2) is 0 Å². The zero-order valence-corrected chi connectivity index (χ0v) is 32.4. The van der Waals surface area contributed by atoms with Crippen molar-refractivity contribution >= 4 is 28.1 Å². The predicted octanol–water partition coefficient (Wildman–Crippen LogP) is 10.2. The molecule has 0 aliphatic heterocycles. The topological polar surface area (TPSA) is 72.8 Å². The van der Waals surface area contributed by atoms with Crippen molar-refractivity contribution in [3.8, 4) is 0 Å². The molecule has 0 aromatic heterocycles. The molecule has 0 radical (unpaired) electrons. The average Bonchev–Trinajstić information content (AvgIpc) is 3.19. The fourth-order valence-corrected chi connectivity index (χ4v) is 9.43. The zero-order valence-electron chi connectivity index (χ0n) is 30.4. The quantitative estimate of drug-likeness (QED) is 0.103. The van der Waals surface area contributed by atoms with E-state index in [-0.39, 0.29) is 29.4 Å². The van der Waals surface area contributed by atoms with E-state index < -0.39 is 22.4 Å². The van der Waals surface area contributed by atoms with E-state index in [0.29, 0.717) is 42.6 Å². The molecule has 254 valence electrons. The van der Waals surface area contributed by atoms with Crippen LogP contribution in [0.1, 0.15) is 91.2 Å². The summed E-state index contributed by atoms with van der Waals surface area (Å²) in [5.74, 6) is -0.110. The van der Waals surface area contributed by atoms with Crippen LogP contribution in [-0.4, -0.2) is 46.5 Å². The maximum Gasteiger partial charge on any atom is 0.303 e. The molecule has 0 spiro atoms. The summed E-state index contributed by atoms with van der Waals surface area (Å²) in [6.45, 7) is 24.2. The highest BCUT2D eigenvalue weighted by Gasteiger charge is 2.47. The van der Waals surface area contributed by atoms with Crippen LogP contribution in [0, 0.1) is 17.8 Å². The summed E-state index contributed by atoms with van der Waals surface area (Å²) in [7, 11) is -1.92. The van der Waals surface area contributed by atoms with Crippen molar-refractivity contribution in [3.63, 3.8) is 0 Å². The minimum Gasteiger partial charge on any atom is -0.481 e. The minimum atomic E-state index is -2.08. The molecule has 1 saturated carbocycles. The molecule has 0 saturated heterocycles. The number of carboxylic acids is 1. The normalized spacial score (nSPS) is 20.9. The van der Waals surface area contributed by atoms with Crippen molar-refractivity contribution in [2.75, 3.05) is 7.11 Å². The van der Waals surface area contributed by atoms with Crippen molar-refractivity contribution in [3.05, 3.63) is 59.7 Å². The number of hydrogen-bond donors (Lipinski definition) is 1. The Labute approximate surface area is 277 Å². The Morgan fingerprint density at radius 3 is 2.31 bits per heavy atom. The van der Waals surface area contributed by atoms with Crippen LogP contribution in [0.2, 0.25) is 42.3 Å². The van der Waals surface area contributed by atoms with Gasteiger partial charge in [0, 0.05) is 31.8 Å². The molecule has 2 rings (SSSR count). The zero-order chi connectivity index (χ0) is 34.1. The molecule has 1 aromatic carbocycles. The lowest BCUT2D eigenvalue weighted by molar-refractivity contribution is -0.137. The highest BCUT2D eigenvalue weighted by Crippen LogP contribution is 2.44. The van der Waals surface area contributed by atoms with Crippen molar-refractivity contribution in [1.29, 1.82) is 0 Å². The number of carboxylic acid groups (broad SMARTS) is 1. The summed E-state index contributed by atoms with van der Waals surface area (Å²) < 4.78 is 12.4. The number of rotatable bonds is 17. The van der Waals surface area contributed by atoms with Gasteiger partial charge in [-0.2, -0.15) is 0 Å². The van der Waals surface area contributed by atoms with Crippen LogP contribution >= 0.6 is 0 Å². The van der Waals surface area contributed by atoms with Gasteiger partial charge >= 0.3 is 5.97 Å². The van der Waals surface area contributed by atoms with Gasteiger partial charge in [-0.15, -0.1) is 0 Å². The van der Waals surface area contributed by atoms with Crippen LogP contribution in [-0.2, 0) is 31.8 Å². The number of ketones is 1. The largest absolute Gasteiger partial charge is 0.481 e. The number of allylic oxidation sites excluding steroid dienone is 3. The number of ether oxygens (including phenoxy) is 1. The van der Waals surface area contributed by atoms with Crippen LogP contribution in [0.4, 0.5) is 0 Å². The van der Waals surface area contributed by atoms with Crippen molar-refractivity contribution in [2.45, 2.75) is 142 Å². The summed E-state index contributed by atoms with van der Waals surface area (Å²) in [4.78, 5) is 24.4. The number of carbonyl (C=O) groups is 2. The second kappa shape index (κ2) is 16.8. The number of hydrogen-bond acceptors (Lipinski definition) is 4. The number of aryl methyl sites for hydroxylation is 1. The summed E-state index contributed by atoms with van der Waals surface area (Å²) >= 11 is 0. The molecule has 1 aromatic rings. The fourth-order valence-electron chi connectivity index (χ4n) is 5.82. The van der Waals surface area contributed by atoms with E-state index in [2.05, 4.69) is 116 Å². The molecule has 1 N–H and O–H groups in total. The molecule has 0 heterocycles. The maximum atomic E-state index is 13.5. The molecule has 4 atom stereocenters. The third kappa shape index (κ3) is 12.4. The molecular weight excluding hydrogens is 593 g/mol. The lowest BCUT2D eigenvalue weighted by atomic mass is 9.89. The van der Waals surface area contributed by atoms with Gasteiger partial charge in [0.25, 0.3) is 0 Å². The Hall–Kier alpha value is -1.81. The van der Waals surface area contributed by atoms with Crippen molar-refractivity contribution < 1.29 is 23.9 Å². The number of Topliss-reactive ketones (excluding diaryl/α,β-unsaturated/α-hetero) is 1. The fraction of sp³-hybridized carbons (Fsp3) is 0.684. The smallest absolute Gasteiger partial charge is 0.303 e. The molecule has 1 aliphatic carbocycles. The first-order valence-corrected chi connectivity index (χ1v) is 23.2. The summed E-state index contributed by atoms with van der Waals surface area (Å²) in [5, 5.41) is 9.32. The second-order valence-electron chi connectivity index (χ2n) is 16.5. The first kappa shape index (κ1) is 39.4. The van der Waals surface area contributed by atoms with Gasteiger partial charge in [0.05, 0.1) is 20.8 Å². The second-order valence-corrected chi connectivity index (χ2v) is 27.0. The highest BCUT2D eigenvalue weighted by atomic mass is 28.4. The standard InChI is InChI=1S/C38H64O5Si2/c1-37(2,3)44(8,9)28-30(22-21-29-17-16-18-31(25-29)27-42-7)23-24-33-32(19-14-12-13-15-20-36(40)41)34(39)26-35(33)43-45(10,11)38(4,5)6/h12,14,16-18,23-25,30,32-33,35H,13,15,19-22,26-28H2,1-11H3,(H,40,41)/b14-12-,24-23+/t30-,32+,33+,35+/m0/s1. The molecule has 7 heteroatoms. The van der Waals surface area contributed by atoms with E-state index in [1.807, 2.05) is 0 Å². The van der Waals surface area contributed by atoms with Gasteiger partial charge in [0.2, 0.25) is 0 Å². The summed E-state index contributed by atoms with van der Waals surface area (Å²) in [6.07, 6.45) is 13.6. The molecule has 1 fully saturated rings. The highest BCUT2D eigenvalue weighted by molar-refractivity contribution is 6.80. The lowest BCUT2D eigenvalue weighted by Gasteiger charge is -2.40. The van der Waals surface area contributed by atoms with E-state index in [9.17, 15) is 9.59 Å². The van der Waals surface area contributed by atoms with Crippen LogP contribution in [0.15, 0.2) is 48.6 Å². The van der Waals surface area contributed by atoms with Crippen LogP contribution in [0.5, 0.6) is 0 Å². The van der Waals surface area contributed by atoms with Crippen LogP contribution < -0.4 is 0 Å². The third-order valence-electron chi connectivity index (χ3n) is 10.8. The number of unbranched alkanes of at least 4 members (excludes halogenated alkanes) is 1. The minimum absolute atomic E-state index is 0.0437. The van der Waals surface area contributed by atoms with Crippen molar-refractivity contribution in [1.82, 2.24) is 0 Å². The molecule has 5 nitrogen and oxygen atoms in total. The van der Waals surface area contributed by atoms with E-state index in [1.54, 1.807) is 7.11 Å². The molecule has 0 amide bonds. The van der Waals surface area contributed by atoms with Crippen molar-refractivity contribution in [2.24, 2.45) is 17.8 Å². The monoisotopic (exact) mass is 656 g/mol. The maximum absolute atomic E-state index is 13.5. The first-order chi connectivity index (χ1) is 20.8. The SMILES string of the molecule is COCc1cccc(CC[C@@H](/C=C/[C@H]2[C@H](O[Si](C)(C)C(C)(C)C)CC(=O)[C@@H]2C/C=C\CCCC(=O)O)C[Si](C)(C)C(C)(C)C)c1. The Morgan fingerprint density at radius 2 is 1.71 bits per heavy atom. The number of methoxy groups -OCH3 is 1. The molecule has 0 unspecified atom stereocenters. The molecular formula is C38H64O5Si2. The van der Waals surface area contributed by atoms with Gasteiger partial charge < -0.3 is 14.3 Å². The van der Waals surface area contributed by atoms with Gasteiger partial charge in [-0.3, -0.25) is 9.59 Å².